The fraction of sp³-hybridized carbons (Fsp3) is 0.526. The van der Waals surface area contributed by atoms with Gasteiger partial charge in [0.2, 0.25) is 5.91 Å². The maximum absolute atomic E-state index is 13.0. The lowest BCUT2D eigenvalue weighted by atomic mass is 9.92. The molecule has 3 rings (SSSR count). The molecule has 0 radical (unpaired) electrons. The van der Waals surface area contributed by atoms with Crippen molar-refractivity contribution < 1.29 is 14.4 Å². The lowest BCUT2D eigenvalue weighted by molar-refractivity contribution is -0.139. The van der Waals surface area contributed by atoms with Crippen LogP contribution in [0.5, 0.6) is 0 Å². The third-order valence-corrected chi connectivity index (χ3v) is 5.06. The molecule has 1 unspecified atom stereocenters. The van der Waals surface area contributed by atoms with Crippen molar-refractivity contribution in [3.05, 3.63) is 35.4 Å². The van der Waals surface area contributed by atoms with Gasteiger partial charge in [-0.3, -0.25) is 14.5 Å². The molecular weight excluding hydrogens is 318 g/mol. The molecule has 0 aromatic heterocycles. The van der Waals surface area contributed by atoms with E-state index >= 15 is 0 Å². The third kappa shape index (κ3) is 2.90. The topological polar surface area (TPSA) is 69.7 Å². The van der Waals surface area contributed by atoms with Crippen LogP contribution in [0.4, 0.5) is 4.79 Å². The van der Waals surface area contributed by atoms with Crippen LogP contribution in [0.15, 0.2) is 24.3 Å². The van der Waals surface area contributed by atoms with Gasteiger partial charge in [-0.25, -0.2) is 4.79 Å². The van der Waals surface area contributed by atoms with Crippen LogP contribution in [0.2, 0.25) is 0 Å². The molecule has 4 amide bonds. The molecule has 1 N–H and O–H groups in total. The normalized spacial score (nSPS) is 21.6. The van der Waals surface area contributed by atoms with E-state index in [1.165, 1.54) is 0 Å². The summed E-state index contributed by atoms with van der Waals surface area (Å²) in [7, 11) is 0. The first kappa shape index (κ1) is 17.5. The van der Waals surface area contributed by atoms with Gasteiger partial charge in [0.15, 0.2) is 0 Å². The van der Waals surface area contributed by atoms with E-state index in [9.17, 15) is 14.4 Å². The van der Waals surface area contributed by atoms with E-state index in [2.05, 4.69) is 5.32 Å². The molecule has 25 heavy (non-hydrogen) atoms. The molecule has 1 spiro atoms. The van der Waals surface area contributed by atoms with Gasteiger partial charge in [0, 0.05) is 13.1 Å². The molecule has 2 aliphatic rings. The molecule has 1 aromatic rings. The minimum Gasteiger partial charge on any atom is -0.341 e. The van der Waals surface area contributed by atoms with Crippen molar-refractivity contribution in [3.63, 3.8) is 0 Å². The van der Waals surface area contributed by atoms with Crippen LogP contribution in [-0.4, -0.2) is 47.3 Å². The molecule has 1 fully saturated rings. The number of amides is 4. The first-order chi connectivity index (χ1) is 12.0. The molecule has 1 heterocycles. The smallest absolute Gasteiger partial charge is 0.325 e. The fourth-order valence-corrected chi connectivity index (χ4v) is 3.87. The second kappa shape index (κ2) is 6.86. The molecule has 1 aromatic carbocycles. The molecule has 1 aliphatic heterocycles. The number of benzene rings is 1. The van der Waals surface area contributed by atoms with Gasteiger partial charge < -0.3 is 10.2 Å². The molecule has 6 heteroatoms. The van der Waals surface area contributed by atoms with Gasteiger partial charge in [-0.2, -0.15) is 0 Å². The summed E-state index contributed by atoms with van der Waals surface area (Å²) < 4.78 is 0. The van der Waals surface area contributed by atoms with Gasteiger partial charge in [0.1, 0.15) is 12.1 Å². The maximum Gasteiger partial charge on any atom is 0.325 e. The van der Waals surface area contributed by atoms with Crippen molar-refractivity contribution in [1.82, 2.24) is 15.1 Å². The molecule has 134 valence electrons. The summed E-state index contributed by atoms with van der Waals surface area (Å²) in [4.78, 5) is 40.9. The number of nitrogens with one attached hydrogen (secondary N) is 1. The molecule has 1 aliphatic carbocycles. The Morgan fingerprint density at radius 3 is 2.56 bits per heavy atom. The summed E-state index contributed by atoms with van der Waals surface area (Å²) in [6.07, 6.45) is 3.00. The van der Waals surface area contributed by atoms with Crippen LogP contribution in [0.3, 0.4) is 0 Å². The van der Waals surface area contributed by atoms with Crippen molar-refractivity contribution in [2.24, 2.45) is 0 Å². The number of fused-ring (bicyclic) bond motifs is 2. The minimum atomic E-state index is -0.992. The van der Waals surface area contributed by atoms with E-state index in [0.29, 0.717) is 19.5 Å². The number of hydrogen-bond donors (Lipinski definition) is 1. The summed E-state index contributed by atoms with van der Waals surface area (Å²) in [6, 6.07) is 7.23. The van der Waals surface area contributed by atoms with E-state index in [0.717, 1.165) is 35.3 Å². The summed E-state index contributed by atoms with van der Waals surface area (Å²) in [5.41, 5.74) is 0.957. The molecule has 1 atom stereocenters. The van der Waals surface area contributed by atoms with Gasteiger partial charge in [-0.15, -0.1) is 0 Å². The van der Waals surface area contributed by atoms with Crippen LogP contribution < -0.4 is 5.32 Å². The van der Waals surface area contributed by atoms with E-state index in [4.69, 9.17) is 0 Å². The average molecular weight is 343 g/mol. The van der Waals surface area contributed by atoms with Crippen molar-refractivity contribution in [2.45, 2.75) is 45.1 Å². The molecule has 1 saturated heterocycles. The van der Waals surface area contributed by atoms with Crippen LogP contribution in [0.1, 0.15) is 44.2 Å². The van der Waals surface area contributed by atoms with Gasteiger partial charge >= 0.3 is 6.03 Å². The maximum atomic E-state index is 13.0. The van der Waals surface area contributed by atoms with Crippen molar-refractivity contribution >= 4 is 17.8 Å². The van der Waals surface area contributed by atoms with Gasteiger partial charge in [-0.05, 0) is 36.8 Å². The number of nitrogens with zero attached hydrogens (tertiary/aromatic N) is 2. The van der Waals surface area contributed by atoms with E-state index in [1.54, 1.807) is 4.90 Å². The van der Waals surface area contributed by atoms with Crippen molar-refractivity contribution in [2.75, 3.05) is 19.6 Å². The molecule has 0 saturated carbocycles. The summed E-state index contributed by atoms with van der Waals surface area (Å²) in [5, 5.41) is 2.86. The van der Waals surface area contributed by atoms with E-state index < -0.39 is 11.6 Å². The standard InChI is InChI=1S/C19H25N3O3/c1-3-11-21(12-4-2)16(23)13-22-17(24)19(20-18(22)25)10-9-14-7-5-6-8-15(14)19/h5-8H,3-4,9-13H2,1-2H3,(H,20,25). The highest BCUT2D eigenvalue weighted by Gasteiger charge is 2.55. The number of imide groups is 1. The lowest BCUT2D eigenvalue weighted by Crippen LogP contribution is -2.45. The van der Waals surface area contributed by atoms with Crippen LogP contribution >= 0.6 is 0 Å². The second-order valence-electron chi connectivity index (χ2n) is 6.76. The highest BCUT2D eigenvalue weighted by atomic mass is 16.2. The Bertz CT molecular complexity index is 697. The summed E-state index contributed by atoms with van der Waals surface area (Å²) >= 11 is 0. The number of hydrogen-bond acceptors (Lipinski definition) is 3. The first-order valence-corrected chi connectivity index (χ1v) is 9.03. The SMILES string of the molecule is CCCN(CCC)C(=O)CN1C(=O)NC2(CCc3ccccc32)C1=O. The lowest BCUT2D eigenvalue weighted by Gasteiger charge is -2.25. The Hall–Kier alpha value is -2.37. The Morgan fingerprint density at radius 1 is 1.20 bits per heavy atom. The van der Waals surface area contributed by atoms with Gasteiger partial charge in [0.25, 0.3) is 5.91 Å². The predicted molar refractivity (Wildman–Crippen MR) is 93.8 cm³/mol. The zero-order chi connectivity index (χ0) is 18.0. The van der Waals surface area contributed by atoms with E-state index in [1.807, 2.05) is 38.1 Å². The zero-order valence-corrected chi connectivity index (χ0v) is 14.9. The number of rotatable bonds is 6. The minimum absolute atomic E-state index is 0.171. The van der Waals surface area contributed by atoms with Crippen LogP contribution in [0.25, 0.3) is 0 Å². The largest absolute Gasteiger partial charge is 0.341 e. The molecule has 6 nitrogen and oxygen atoms in total. The zero-order valence-electron chi connectivity index (χ0n) is 14.9. The Labute approximate surface area is 148 Å². The van der Waals surface area contributed by atoms with Gasteiger partial charge in [0.05, 0.1) is 0 Å². The fourth-order valence-electron chi connectivity index (χ4n) is 3.87. The quantitative estimate of drug-likeness (QED) is 0.804. The third-order valence-electron chi connectivity index (χ3n) is 5.06. The number of carbonyl (C=O) groups excluding carboxylic acids is 3. The average Bonchev–Trinajstić information content (AvgIpc) is 3.09. The highest BCUT2D eigenvalue weighted by molar-refractivity contribution is 6.09. The Morgan fingerprint density at radius 2 is 1.88 bits per heavy atom. The van der Waals surface area contributed by atoms with Gasteiger partial charge in [-0.1, -0.05) is 38.1 Å². The van der Waals surface area contributed by atoms with Crippen molar-refractivity contribution in [3.8, 4) is 0 Å². The number of aryl methyl sites for hydroxylation is 1. The predicted octanol–water partition coefficient (Wildman–Crippen LogP) is 2.03. The number of urea groups is 1. The second-order valence-corrected chi connectivity index (χ2v) is 6.76. The van der Waals surface area contributed by atoms with Crippen LogP contribution in [0, 0.1) is 0 Å². The summed E-state index contributed by atoms with van der Waals surface area (Å²) in [6.45, 7) is 5.12. The number of carbonyl (C=O) groups is 3. The molecule has 0 bridgehead atoms. The van der Waals surface area contributed by atoms with E-state index in [-0.39, 0.29) is 18.4 Å². The Kier molecular flexibility index (Phi) is 4.79. The van der Waals surface area contributed by atoms with Crippen LogP contribution in [-0.2, 0) is 21.5 Å². The van der Waals surface area contributed by atoms with Crippen molar-refractivity contribution in [1.29, 1.82) is 0 Å². The highest BCUT2D eigenvalue weighted by Crippen LogP contribution is 2.41. The Balaban J connectivity index is 1.80. The molecular formula is C19H25N3O3. The monoisotopic (exact) mass is 343 g/mol. The summed E-state index contributed by atoms with van der Waals surface area (Å²) in [5.74, 6) is -0.473. The first-order valence-electron chi connectivity index (χ1n) is 9.03.